The van der Waals surface area contributed by atoms with E-state index in [0.29, 0.717) is 25.5 Å². The highest BCUT2D eigenvalue weighted by molar-refractivity contribution is 5.69. The minimum Gasteiger partial charge on any atom is -0.481 e. The molecular formula is C27H42N2O6. The zero-order chi connectivity index (χ0) is 25.5. The molecular weight excluding hydrogens is 448 g/mol. The molecule has 1 aliphatic heterocycles. The third-order valence-corrected chi connectivity index (χ3v) is 6.98. The molecule has 1 heterocycles. The van der Waals surface area contributed by atoms with Crippen LogP contribution in [0.2, 0.25) is 0 Å². The Hall–Kier alpha value is -2.16. The highest BCUT2D eigenvalue weighted by Crippen LogP contribution is 2.35. The Morgan fingerprint density at radius 2 is 1.83 bits per heavy atom. The average molecular weight is 491 g/mol. The lowest BCUT2D eigenvalue weighted by Crippen LogP contribution is -2.67. The van der Waals surface area contributed by atoms with Crippen molar-refractivity contribution in [3.8, 4) is 0 Å². The van der Waals surface area contributed by atoms with Crippen molar-refractivity contribution in [3.63, 3.8) is 0 Å². The fraction of sp³-hybridized carbons (Fsp3) is 0.704. The monoisotopic (exact) mass is 490 g/mol. The molecule has 0 aromatic heterocycles. The number of carboxylic acids is 1. The maximum absolute atomic E-state index is 13.1. The van der Waals surface area contributed by atoms with Gasteiger partial charge in [-0.15, -0.1) is 0 Å². The van der Waals surface area contributed by atoms with Gasteiger partial charge in [0.1, 0.15) is 5.60 Å². The van der Waals surface area contributed by atoms with Crippen molar-refractivity contribution >= 4 is 12.1 Å². The van der Waals surface area contributed by atoms with E-state index in [9.17, 15) is 9.59 Å². The first-order valence-corrected chi connectivity index (χ1v) is 12.8. The summed E-state index contributed by atoms with van der Waals surface area (Å²) >= 11 is 0. The Balaban J connectivity index is 1.63. The topological polar surface area (TPSA) is 111 Å². The second-order valence-corrected chi connectivity index (χ2v) is 10.9. The number of hydrogen-bond acceptors (Lipinski definition) is 6. The van der Waals surface area contributed by atoms with Crippen molar-refractivity contribution in [2.24, 2.45) is 5.73 Å². The summed E-state index contributed by atoms with van der Waals surface area (Å²) in [4.78, 5) is 25.6. The van der Waals surface area contributed by atoms with E-state index in [-0.39, 0.29) is 25.7 Å². The van der Waals surface area contributed by atoms with E-state index < -0.39 is 29.2 Å². The van der Waals surface area contributed by atoms with E-state index >= 15 is 0 Å². The lowest BCUT2D eigenvalue weighted by Gasteiger charge is -2.48. The van der Waals surface area contributed by atoms with Crippen LogP contribution in [0.25, 0.3) is 0 Å². The lowest BCUT2D eigenvalue weighted by molar-refractivity contribution is -0.138. The molecule has 1 aromatic rings. The molecule has 1 aliphatic carbocycles. The van der Waals surface area contributed by atoms with Crippen LogP contribution < -0.4 is 5.73 Å². The van der Waals surface area contributed by atoms with E-state index in [1.54, 1.807) is 4.90 Å². The van der Waals surface area contributed by atoms with E-state index in [4.69, 9.17) is 25.1 Å². The van der Waals surface area contributed by atoms with Gasteiger partial charge in [0.05, 0.1) is 43.9 Å². The first-order chi connectivity index (χ1) is 16.6. The minimum absolute atomic E-state index is 0.0811. The number of carbonyl (C=O) groups excluding carboxylic acids is 1. The number of ether oxygens (including phenoxy) is 3. The van der Waals surface area contributed by atoms with Crippen molar-refractivity contribution < 1.29 is 28.9 Å². The third kappa shape index (κ3) is 8.19. The molecule has 1 saturated carbocycles. The molecule has 3 N–H and O–H groups in total. The first kappa shape index (κ1) is 27.4. The summed E-state index contributed by atoms with van der Waals surface area (Å²) in [5.41, 5.74) is 6.75. The van der Waals surface area contributed by atoms with Gasteiger partial charge in [0.2, 0.25) is 0 Å². The molecule has 3 rings (SSSR count). The molecule has 1 saturated heterocycles. The Bertz CT molecular complexity index is 819. The predicted octanol–water partition coefficient (Wildman–Crippen LogP) is 4.32. The van der Waals surface area contributed by atoms with Gasteiger partial charge in [-0.2, -0.15) is 0 Å². The zero-order valence-electron chi connectivity index (χ0n) is 21.4. The van der Waals surface area contributed by atoms with Gasteiger partial charge in [-0.05, 0) is 70.8 Å². The molecule has 8 nitrogen and oxygen atoms in total. The molecule has 8 heteroatoms. The number of nitrogens with zero attached hydrogens (tertiary/aromatic N) is 1. The van der Waals surface area contributed by atoms with Crippen LogP contribution in [-0.2, 0) is 19.0 Å². The highest BCUT2D eigenvalue weighted by Gasteiger charge is 2.45. The van der Waals surface area contributed by atoms with Crippen LogP contribution in [-0.4, -0.2) is 71.7 Å². The molecule has 0 spiro atoms. The quantitative estimate of drug-likeness (QED) is 0.496. The fourth-order valence-electron chi connectivity index (χ4n) is 5.11. The number of hydrogen-bond donors (Lipinski definition) is 2. The Morgan fingerprint density at radius 1 is 1.14 bits per heavy atom. The number of carboxylic acid groups (broad SMARTS) is 1. The first-order valence-electron chi connectivity index (χ1n) is 12.8. The van der Waals surface area contributed by atoms with Crippen molar-refractivity contribution in [1.29, 1.82) is 0 Å². The minimum atomic E-state index is -0.916. The van der Waals surface area contributed by atoms with Crippen LogP contribution in [0, 0.1) is 0 Å². The van der Waals surface area contributed by atoms with Gasteiger partial charge in [0, 0.05) is 6.54 Å². The molecule has 2 aliphatic rings. The van der Waals surface area contributed by atoms with Crippen LogP contribution >= 0.6 is 0 Å². The second-order valence-electron chi connectivity index (χ2n) is 10.9. The number of aliphatic carboxylic acids is 1. The van der Waals surface area contributed by atoms with Crippen LogP contribution in [0.5, 0.6) is 0 Å². The van der Waals surface area contributed by atoms with Gasteiger partial charge in [-0.25, -0.2) is 4.79 Å². The van der Waals surface area contributed by atoms with Crippen LogP contribution in [0.3, 0.4) is 0 Å². The predicted molar refractivity (Wildman–Crippen MR) is 133 cm³/mol. The molecule has 0 unspecified atom stereocenters. The van der Waals surface area contributed by atoms with Gasteiger partial charge in [0.25, 0.3) is 0 Å². The van der Waals surface area contributed by atoms with E-state index in [2.05, 4.69) is 24.3 Å². The summed E-state index contributed by atoms with van der Waals surface area (Å²) in [6, 6.07) is 10.2. The summed E-state index contributed by atoms with van der Waals surface area (Å²) < 4.78 is 17.7. The molecule has 196 valence electrons. The van der Waals surface area contributed by atoms with E-state index in [0.717, 1.165) is 32.1 Å². The zero-order valence-corrected chi connectivity index (χ0v) is 21.4. The van der Waals surface area contributed by atoms with Gasteiger partial charge in [-0.3, -0.25) is 4.79 Å². The van der Waals surface area contributed by atoms with Gasteiger partial charge in [0.15, 0.2) is 0 Å². The second kappa shape index (κ2) is 12.2. The molecule has 0 bridgehead atoms. The molecule has 2 atom stereocenters. The fourth-order valence-corrected chi connectivity index (χ4v) is 5.11. The largest absolute Gasteiger partial charge is 0.481 e. The standard InChI is InChI=1S/C27H42N2O6/c1-26(2,3)35-25(32)29-16-7-15-27(28,19-33-17-14-24(30)31)23(29)18-34-22-12-10-21(11-13-22)20-8-5-4-6-9-20/h4-6,8-9,21-23H,7,10-19,28H2,1-3H3,(H,30,31)/t21?,22?,23-,27+/m0/s1. The molecule has 1 amide bonds. The molecule has 1 aromatic carbocycles. The van der Waals surface area contributed by atoms with Gasteiger partial charge in [-0.1, -0.05) is 30.3 Å². The number of carbonyl (C=O) groups is 2. The normalized spacial score (nSPS) is 27.4. The third-order valence-electron chi connectivity index (χ3n) is 6.98. The van der Waals surface area contributed by atoms with Gasteiger partial charge < -0.3 is 30.0 Å². The number of likely N-dealkylation sites (tertiary alicyclic amines) is 1. The van der Waals surface area contributed by atoms with Crippen molar-refractivity contribution in [3.05, 3.63) is 35.9 Å². The van der Waals surface area contributed by atoms with E-state index in [1.807, 2.05) is 26.8 Å². The summed E-state index contributed by atoms with van der Waals surface area (Å²) in [6.07, 6.45) is 5.08. The average Bonchev–Trinajstić information content (AvgIpc) is 2.81. The number of piperidine rings is 1. The van der Waals surface area contributed by atoms with Crippen molar-refractivity contribution in [2.75, 3.05) is 26.4 Å². The number of nitrogens with two attached hydrogens (primary N) is 1. The summed E-state index contributed by atoms with van der Waals surface area (Å²) in [6.45, 7) is 6.62. The van der Waals surface area contributed by atoms with E-state index in [1.165, 1.54) is 5.56 Å². The van der Waals surface area contributed by atoms with Gasteiger partial charge >= 0.3 is 12.1 Å². The van der Waals surface area contributed by atoms with Crippen molar-refractivity contribution in [2.45, 2.75) is 94.9 Å². The maximum atomic E-state index is 13.1. The Labute approximate surface area is 209 Å². The van der Waals surface area contributed by atoms with Crippen molar-refractivity contribution in [1.82, 2.24) is 4.90 Å². The smallest absolute Gasteiger partial charge is 0.410 e. The van der Waals surface area contributed by atoms with Crippen LogP contribution in [0.4, 0.5) is 4.79 Å². The molecule has 0 radical (unpaired) electrons. The number of benzene rings is 1. The molecule has 2 fully saturated rings. The Morgan fingerprint density at radius 3 is 2.46 bits per heavy atom. The Kier molecular flexibility index (Phi) is 9.55. The number of rotatable bonds is 9. The lowest BCUT2D eigenvalue weighted by atomic mass is 9.82. The SMILES string of the molecule is CC(C)(C)OC(=O)N1CCC[C@@](N)(COCCC(=O)O)[C@@H]1COC1CCC(c2ccccc2)CC1. The van der Waals surface area contributed by atoms with Crippen LogP contribution in [0.15, 0.2) is 30.3 Å². The summed E-state index contributed by atoms with van der Waals surface area (Å²) in [5, 5.41) is 8.91. The molecule has 35 heavy (non-hydrogen) atoms. The number of amides is 1. The van der Waals surface area contributed by atoms with Crippen LogP contribution in [0.1, 0.15) is 77.2 Å². The highest BCUT2D eigenvalue weighted by atomic mass is 16.6. The summed E-state index contributed by atoms with van der Waals surface area (Å²) in [5.74, 6) is -0.360. The maximum Gasteiger partial charge on any atom is 0.410 e. The summed E-state index contributed by atoms with van der Waals surface area (Å²) in [7, 11) is 0.